The monoisotopic (exact) mass is 426 g/mol. The summed E-state index contributed by atoms with van der Waals surface area (Å²) < 4.78 is 54.2. The van der Waals surface area contributed by atoms with Crippen LogP contribution in [0.3, 0.4) is 0 Å². The van der Waals surface area contributed by atoms with Crippen molar-refractivity contribution in [3.05, 3.63) is 69.5 Å². The molecule has 0 aliphatic heterocycles. The number of anilines is 3. The number of nitrogens with zero attached hydrogens (tertiary/aromatic N) is 2. The van der Waals surface area contributed by atoms with E-state index in [0.29, 0.717) is 6.20 Å². The minimum absolute atomic E-state index is 0.0714. The van der Waals surface area contributed by atoms with Crippen LogP contribution in [0.5, 0.6) is 0 Å². The van der Waals surface area contributed by atoms with Crippen LogP contribution in [0.15, 0.2) is 47.5 Å². The fraction of sp³-hybridized carbons (Fsp3) is 0.158. The minimum atomic E-state index is -4.64. The number of hydrogen-bond acceptors (Lipinski definition) is 4. The average Bonchev–Trinajstić information content (AvgIpc) is 2.64. The average molecular weight is 427 g/mol. The molecule has 2 aromatic heterocycles. The van der Waals surface area contributed by atoms with E-state index in [1.807, 2.05) is 0 Å². The van der Waals surface area contributed by atoms with E-state index in [-0.39, 0.29) is 33.3 Å². The largest absolute Gasteiger partial charge is 0.419 e. The van der Waals surface area contributed by atoms with Gasteiger partial charge in [-0.05, 0) is 30.3 Å². The van der Waals surface area contributed by atoms with E-state index >= 15 is 0 Å². The molecule has 0 saturated heterocycles. The maximum atomic E-state index is 14.3. The lowest BCUT2D eigenvalue weighted by Crippen LogP contribution is -2.20. The molecule has 0 unspecified atom stereocenters. The highest BCUT2D eigenvalue weighted by atomic mass is 35.5. The van der Waals surface area contributed by atoms with E-state index < -0.39 is 23.1 Å². The highest BCUT2D eigenvalue weighted by Gasteiger charge is 2.34. The summed E-state index contributed by atoms with van der Waals surface area (Å²) in [4.78, 5) is 20.1. The Hall–Kier alpha value is -3.07. The van der Waals surface area contributed by atoms with Crippen LogP contribution in [-0.4, -0.2) is 24.1 Å². The molecular formula is C19H15ClF4N4O. The third kappa shape index (κ3) is 4.34. The summed E-state index contributed by atoms with van der Waals surface area (Å²) in [7, 11) is 3.21. The third-order valence-electron chi connectivity index (χ3n) is 4.08. The van der Waals surface area contributed by atoms with Gasteiger partial charge in [-0.3, -0.25) is 9.78 Å². The van der Waals surface area contributed by atoms with Gasteiger partial charge in [0.2, 0.25) is 0 Å². The number of nitrogens with one attached hydrogen (secondary N) is 2. The Balaban J connectivity index is 2.19. The van der Waals surface area contributed by atoms with Gasteiger partial charge in [0.1, 0.15) is 11.6 Å². The number of pyridine rings is 2. The second kappa shape index (κ2) is 7.75. The zero-order valence-corrected chi connectivity index (χ0v) is 16.0. The topological polar surface area (TPSA) is 61.0 Å². The lowest BCUT2D eigenvalue weighted by atomic mass is 10.1. The quantitative estimate of drug-likeness (QED) is 0.573. The molecule has 3 aromatic rings. The second-order valence-electron chi connectivity index (χ2n) is 6.34. The molecular weight excluding hydrogens is 412 g/mol. The Morgan fingerprint density at radius 2 is 1.83 bits per heavy atom. The van der Waals surface area contributed by atoms with Gasteiger partial charge in [-0.1, -0.05) is 11.6 Å². The molecule has 0 atom stereocenters. The van der Waals surface area contributed by atoms with Gasteiger partial charge in [0, 0.05) is 37.1 Å². The first-order chi connectivity index (χ1) is 13.6. The third-order valence-corrected chi connectivity index (χ3v) is 4.32. The van der Waals surface area contributed by atoms with Crippen molar-refractivity contribution < 1.29 is 17.6 Å². The molecule has 2 heterocycles. The van der Waals surface area contributed by atoms with Gasteiger partial charge in [-0.25, -0.2) is 4.39 Å². The Bertz CT molecular complexity index is 1110. The standard InChI is InChI=1S/C19H15ClF4N4O/c1-28(2)17-16(26-15-5-6-25-9-13(15)19(22,23)24)8-12(18(29)27-17)11-7-10(20)3-4-14(11)21/h3-9H,1-2H3,(H,25,26)(H,27,29). The first-order valence-corrected chi connectivity index (χ1v) is 8.64. The Labute approximate surface area is 168 Å². The molecule has 2 N–H and O–H groups in total. The summed E-state index contributed by atoms with van der Waals surface area (Å²) in [6.07, 6.45) is -2.74. The molecule has 0 radical (unpaired) electrons. The summed E-state index contributed by atoms with van der Waals surface area (Å²) in [5.74, 6) is -0.477. The smallest absolute Gasteiger partial charge is 0.362 e. The molecule has 0 saturated carbocycles. The van der Waals surface area contributed by atoms with Crippen molar-refractivity contribution in [1.29, 1.82) is 0 Å². The van der Waals surface area contributed by atoms with Gasteiger partial charge < -0.3 is 15.2 Å². The van der Waals surface area contributed by atoms with Crippen molar-refractivity contribution in [3.8, 4) is 11.1 Å². The highest BCUT2D eigenvalue weighted by Crippen LogP contribution is 2.37. The van der Waals surface area contributed by atoms with E-state index in [2.05, 4.69) is 15.3 Å². The van der Waals surface area contributed by atoms with Gasteiger partial charge >= 0.3 is 6.18 Å². The van der Waals surface area contributed by atoms with Crippen molar-refractivity contribution in [2.24, 2.45) is 0 Å². The molecule has 0 fully saturated rings. The predicted octanol–water partition coefficient (Wildman–Crippen LogP) is 5.06. The van der Waals surface area contributed by atoms with Crippen LogP contribution >= 0.6 is 11.6 Å². The predicted molar refractivity (Wildman–Crippen MR) is 104 cm³/mol. The zero-order valence-electron chi connectivity index (χ0n) is 15.2. The normalized spacial score (nSPS) is 11.4. The molecule has 3 rings (SSSR count). The molecule has 0 bridgehead atoms. The summed E-state index contributed by atoms with van der Waals surface area (Å²) in [5.41, 5.74) is -1.88. The molecule has 0 aliphatic carbocycles. The number of halogens is 5. The Kier molecular flexibility index (Phi) is 5.52. The molecule has 0 spiro atoms. The number of alkyl halides is 3. The van der Waals surface area contributed by atoms with E-state index in [4.69, 9.17) is 11.6 Å². The van der Waals surface area contributed by atoms with E-state index in [1.54, 1.807) is 14.1 Å². The molecule has 152 valence electrons. The number of rotatable bonds is 4. The molecule has 0 aliphatic rings. The van der Waals surface area contributed by atoms with Crippen molar-refractivity contribution >= 4 is 28.8 Å². The van der Waals surface area contributed by atoms with Crippen LogP contribution in [0.2, 0.25) is 5.02 Å². The number of hydrogen-bond donors (Lipinski definition) is 2. The Morgan fingerprint density at radius 3 is 2.48 bits per heavy atom. The molecule has 5 nitrogen and oxygen atoms in total. The van der Waals surface area contributed by atoms with E-state index in [0.717, 1.165) is 12.1 Å². The molecule has 1 aromatic carbocycles. The fourth-order valence-corrected chi connectivity index (χ4v) is 2.92. The second-order valence-corrected chi connectivity index (χ2v) is 6.77. The van der Waals surface area contributed by atoms with Gasteiger partial charge in [0.15, 0.2) is 0 Å². The van der Waals surface area contributed by atoms with Gasteiger partial charge in [-0.2, -0.15) is 13.2 Å². The van der Waals surface area contributed by atoms with Crippen LogP contribution < -0.4 is 15.8 Å². The summed E-state index contributed by atoms with van der Waals surface area (Å²) in [6.45, 7) is 0. The maximum absolute atomic E-state index is 14.3. The van der Waals surface area contributed by atoms with Crippen molar-refractivity contribution in [2.75, 3.05) is 24.3 Å². The maximum Gasteiger partial charge on any atom is 0.419 e. The molecule has 0 amide bonds. The van der Waals surface area contributed by atoms with Crippen molar-refractivity contribution in [3.63, 3.8) is 0 Å². The van der Waals surface area contributed by atoms with E-state index in [1.165, 1.54) is 29.3 Å². The fourth-order valence-electron chi connectivity index (χ4n) is 2.75. The number of aromatic nitrogens is 2. The first kappa shape index (κ1) is 20.7. The summed E-state index contributed by atoms with van der Waals surface area (Å²) in [5, 5.41) is 2.88. The Morgan fingerprint density at radius 1 is 1.10 bits per heavy atom. The summed E-state index contributed by atoms with van der Waals surface area (Å²) in [6, 6.07) is 6.15. The summed E-state index contributed by atoms with van der Waals surface area (Å²) >= 11 is 5.91. The SMILES string of the molecule is CN(C)c1[nH]c(=O)c(-c2cc(Cl)ccc2F)cc1Nc1ccncc1C(F)(F)F. The lowest BCUT2D eigenvalue weighted by Gasteiger charge is -2.21. The lowest BCUT2D eigenvalue weighted by molar-refractivity contribution is -0.137. The molecule has 10 heteroatoms. The van der Waals surface area contributed by atoms with Crippen molar-refractivity contribution in [2.45, 2.75) is 6.18 Å². The van der Waals surface area contributed by atoms with Crippen LogP contribution in [-0.2, 0) is 6.18 Å². The number of benzene rings is 1. The number of aromatic amines is 1. The highest BCUT2D eigenvalue weighted by molar-refractivity contribution is 6.30. The first-order valence-electron chi connectivity index (χ1n) is 8.26. The number of H-pyrrole nitrogens is 1. The molecule has 29 heavy (non-hydrogen) atoms. The zero-order chi connectivity index (χ0) is 21.3. The van der Waals surface area contributed by atoms with Crippen LogP contribution in [0.25, 0.3) is 11.1 Å². The van der Waals surface area contributed by atoms with Crippen LogP contribution in [0.4, 0.5) is 34.8 Å². The van der Waals surface area contributed by atoms with Crippen LogP contribution in [0, 0.1) is 5.82 Å². The van der Waals surface area contributed by atoms with Gasteiger partial charge in [-0.15, -0.1) is 0 Å². The van der Waals surface area contributed by atoms with Crippen LogP contribution in [0.1, 0.15) is 5.56 Å². The van der Waals surface area contributed by atoms with E-state index in [9.17, 15) is 22.4 Å². The van der Waals surface area contributed by atoms with Gasteiger partial charge in [0.05, 0.1) is 22.5 Å². The van der Waals surface area contributed by atoms with Gasteiger partial charge in [0.25, 0.3) is 5.56 Å². The minimum Gasteiger partial charge on any atom is -0.362 e. The van der Waals surface area contributed by atoms with Crippen molar-refractivity contribution in [1.82, 2.24) is 9.97 Å².